The Bertz CT molecular complexity index is 707. The fourth-order valence-electron chi connectivity index (χ4n) is 2.89. The first-order chi connectivity index (χ1) is 12.2. The third-order valence-corrected chi connectivity index (χ3v) is 4.58. The molecular weight excluding hydrogens is 358 g/mol. The summed E-state index contributed by atoms with van der Waals surface area (Å²) in [6.45, 7) is 2.00. The Morgan fingerprint density at radius 3 is 2.00 bits per heavy atom. The van der Waals surface area contributed by atoms with E-state index in [1.165, 1.54) is 13.3 Å². The Labute approximate surface area is 147 Å². The van der Waals surface area contributed by atoms with Crippen LogP contribution in [0.25, 0.3) is 0 Å². The van der Waals surface area contributed by atoms with Gasteiger partial charge in [-0.05, 0) is 5.41 Å². The number of halogens is 4. The number of carbonyl (C=O) groups excluding carboxylic acids is 1. The molecule has 0 aliphatic heterocycles. The van der Waals surface area contributed by atoms with E-state index >= 15 is 0 Å². The minimum absolute atomic E-state index is 0.276. The Morgan fingerprint density at radius 2 is 1.54 bits per heavy atom. The lowest BCUT2D eigenvalue weighted by Crippen LogP contribution is -2.15. The quantitative estimate of drug-likeness (QED) is 0.240. The first kappa shape index (κ1) is 20.2. The van der Waals surface area contributed by atoms with E-state index in [-0.39, 0.29) is 5.92 Å². The van der Waals surface area contributed by atoms with E-state index in [9.17, 15) is 22.4 Å². The molecule has 0 heterocycles. The molecule has 2 rings (SSSR count). The summed E-state index contributed by atoms with van der Waals surface area (Å²) >= 11 is 0. The molecule has 144 valence electrons. The Balaban J connectivity index is 2.15. The minimum atomic E-state index is -1.61. The topological polar surface area (TPSA) is 57.1 Å². The number of nitrogens with zero attached hydrogens (tertiary/aromatic N) is 1. The lowest BCUT2D eigenvalue weighted by Gasteiger charge is -2.12. The van der Waals surface area contributed by atoms with Crippen LogP contribution in [0.2, 0.25) is 0 Å². The van der Waals surface area contributed by atoms with Crippen LogP contribution in [-0.2, 0) is 32.3 Å². The molecular formula is C17H19F4NO4. The first-order valence-corrected chi connectivity index (χ1v) is 7.74. The number of hydrogen-bond donors (Lipinski definition) is 0. The molecule has 1 aliphatic carbocycles. The van der Waals surface area contributed by atoms with Gasteiger partial charge in [0.15, 0.2) is 23.3 Å². The smallest absolute Gasteiger partial charge is 0.310 e. The second-order valence-corrected chi connectivity index (χ2v) is 6.52. The fourth-order valence-corrected chi connectivity index (χ4v) is 2.89. The molecule has 0 saturated heterocycles. The molecule has 1 fully saturated rings. The summed E-state index contributed by atoms with van der Waals surface area (Å²) in [5.74, 6) is -8.00. The number of rotatable bonds is 7. The van der Waals surface area contributed by atoms with Gasteiger partial charge in [-0.1, -0.05) is 19.0 Å². The molecule has 0 radical (unpaired) electrons. The molecule has 0 bridgehead atoms. The van der Waals surface area contributed by atoms with Crippen molar-refractivity contribution in [3.63, 3.8) is 0 Å². The molecule has 5 nitrogen and oxygen atoms in total. The van der Waals surface area contributed by atoms with Crippen LogP contribution in [0.4, 0.5) is 17.6 Å². The van der Waals surface area contributed by atoms with Crippen molar-refractivity contribution < 1.29 is 36.7 Å². The number of oxime groups is 1. The second-order valence-electron chi connectivity index (χ2n) is 6.52. The van der Waals surface area contributed by atoms with E-state index < -0.39 is 64.9 Å². The van der Waals surface area contributed by atoms with Gasteiger partial charge in [0.1, 0.15) is 13.7 Å². The van der Waals surface area contributed by atoms with Crippen LogP contribution in [0, 0.1) is 40.5 Å². The van der Waals surface area contributed by atoms with E-state index in [1.807, 2.05) is 0 Å². The first-order valence-electron chi connectivity index (χ1n) is 7.74. The third-order valence-electron chi connectivity index (χ3n) is 4.58. The molecule has 26 heavy (non-hydrogen) atoms. The van der Waals surface area contributed by atoms with Gasteiger partial charge in [0.05, 0.1) is 23.7 Å². The molecule has 1 aromatic carbocycles. The molecule has 0 spiro atoms. The summed E-state index contributed by atoms with van der Waals surface area (Å²) in [4.78, 5) is 16.7. The Hall–Kier alpha value is -2.16. The van der Waals surface area contributed by atoms with Crippen LogP contribution in [0.15, 0.2) is 5.16 Å². The number of benzene rings is 1. The van der Waals surface area contributed by atoms with Gasteiger partial charge in [-0.2, -0.15) is 0 Å². The van der Waals surface area contributed by atoms with E-state index in [0.717, 1.165) is 7.11 Å². The van der Waals surface area contributed by atoms with Crippen molar-refractivity contribution >= 4 is 12.2 Å². The van der Waals surface area contributed by atoms with Crippen LogP contribution in [-0.4, -0.2) is 26.4 Å². The van der Waals surface area contributed by atoms with Crippen LogP contribution in [0.5, 0.6) is 0 Å². The van der Waals surface area contributed by atoms with Gasteiger partial charge in [0, 0.05) is 19.2 Å². The van der Waals surface area contributed by atoms with Crippen LogP contribution >= 0.6 is 0 Å². The second kappa shape index (κ2) is 7.61. The van der Waals surface area contributed by atoms with Crippen molar-refractivity contribution in [1.29, 1.82) is 0 Å². The predicted molar refractivity (Wildman–Crippen MR) is 83.0 cm³/mol. The number of hydrogen-bond acceptors (Lipinski definition) is 5. The van der Waals surface area contributed by atoms with Gasteiger partial charge in [-0.25, -0.2) is 17.6 Å². The fraction of sp³-hybridized carbons (Fsp3) is 0.529. The summed E-state index contributed by atoms with van der Waals surface area (Å²) in [6.07, 6.45) is 1.44. The maximum absolute atomic E-state index is 14.0. The van der Waals surface area contributed by atoms with E-state index in [1.54, 1.807) is 13.8 Å². The average Bonchev–Trinajstić information content (AvgIpc) is 3.15. The number of methoxy groups -OCH3 is 1. The Kier molecular flexibility index (Phi) is 5.90. The van der Waals surface area contributed by atoms with Gasteiger partial charge in [-0.15, -0.1) is 0 Å². The SMILES string of the molecule is COCc1c(F)c(F)c(COC(=O)[C@@H]2[C@@H](/C=N\OC)C2(C)C)c(F)c1F. The summed E-state index contributed by atoms with van der Waals surface area (Å²) in [6, 6.07) is 0. The number of esters is 1. The van der Waals surface area contributed by atoms with Crippen LogP contribution < -0.4 is 0 Å². The maximum Gasteiger partial charge on any atom is 0.310 e. The van der Waals surface area contributed by atoms with Gasteiger partial charge in [0.25, 0.3) is 0 Å². The van der Waals surface area contributed by atoms with Gasteiger partial charge in [-0.3, -0.25) is 4.79 Å². The van der Waals surface area contributed by atoms with Gasteiger partial charge < -0.3 is 14.3 Å². The highest BCUT2D eigenvalue weighted by atomic mass is 19.2. The zero-order valence-electron chi connectivity index (χ0n) is 14.7. The van der Waals surface area contributed by atoms with Crippen molar-refractivity contribution in [2.24, 2.45) is 22.4 Å². The molecule has 0 aromatic heterocycles. The molecule has 0 N–H and O–H groups in total. The van der Waals surface area contributed by atoms with Crippen molar-refractivity contribution in [3.8, 4) is 0 Å². The van der Waals surface area contributed by atoms with Crippen LogP contribution in [0.1, 0.15) is 25.0 Å². The minimum Gasteiger partial charge on any atom is -0.460 e. The lowest BCUT2D eigenvalue weighted by molar-refractivity contribution is -0.147. The largest absolute Gasteiger partial charge is 0.460 e. The highest BCUT2D eigenvalue weighted by Crippen LogP contribution is 2.57. The van der Waals surface area contributed by atoms with E-state index in [0.29, 0.717) is 0 Å². The maximum atomic E-state index is 14.0. The van der Waals surface area contributed by atoms with Gasteiger partial charge >= 0.3 is 5.97 Å². The zero-order valence-corrected chi connectivity index (χ0v) is 14.7. The number of ether oxygens (including phenoxy) is 2. The van der Waals surface area contributed by atoms with E-state index in [2.05, 4.69) is 14.7 Å². The summed E-state index contributed by atoms with van der Waals surface area (Å²) in [5, 5.41) is 3.60. The van der Waals surface area contributed by atoms with Crippen molar-refractivity contribution in [1.82, 2.24) is 0 Å². The number of carbonyl (C=O) groups is 1. The monoisotopic (exact) mass is 377 g/mol. The van der Waals surface area contributed by atoms with Crippen molar-refractivity contribution in [3.05, 3.63) is 34.4 Å². The molecule has 1 saturated carbocycles. The average molecular weight is 377 g/mol. The molecule has 1 aromatic rings. The van der Waals surface area contributed by atoms with E-state index in [4.69, 9.17) is 4.74 Å². The summed E-state index contributed by atoms with van der Waals surface area (Å²) < 4.78 is 65.2. The summed E-state index contributed by atoms with van der Waals surface area (Å²) in [7, 11) is 2.48. The zero-order chi connectivity index (χ0) is 19.6. The highest BCUT2D eigenvalue weighted by molar-refractivity contribution is 5.85. The molecule has 0 unspecified atom stereocenters. The Morgan fingerprint density at radius 1 is 1.04 bits per heavy atom. The summed E-state index contributed by atoms with van der Waals surface area (Å²) in [5.41, 5.74) is -2.33. The molecule has 2 atom stereocenters. The predicted octanol–water partition coefficient (Wildman–Crippen LogP) is 3.34. The highest BCUT2D eigenvalue weighted by Gasteiger charge is 2.62. The van der Waals surface area contributed by atoms with Crippen LogP contribution in [0.3, 0.4) is 0 Å². The standard InChI is InChI=1S/C17H19F4NO4/c1-17(2)10(5-22-25-4)11(17)16(23)26-7-9-14(20)12(18)8(6-24-3)13(19)15(9)21/h5,10-11H,6-7H2,1-4H3/b22-5-/t10-,11+/m1/s1. The van der Waals surface area contributed by atoms with Crippen molar-refractivity contribution in [2.45, 2.75) is 27.1 Å². The lowest BCUT2D eigenvalue weighted by atomic mass is 10.1. The third kappa shape index (κ3) is 3.53. The van der Waals surface area contributed by atoms with Gasteiger partial charge in [0.2, 0.25) is 0 Å². The molecule has 0 amide bonds. The normalized spacial score (nSPS) is 21.1. The molecule has 9 heteroatoms. The van der Waals surface area contributed by atoms with Crippen molar-refractivity contribution in [2.75, 3.05) is 14.2 Å². The molecule has 1 aliphatic rings.